The molecule has 0 spiro atoms. The average molecular weight is 378 g/mol. The van der Waals surface area contributed by atoms with Gasteiger partial charge in [0, 0.05) is 23.7 Å². The first-order valence-electron chi connectivity index (χ1n) is 8.07. The van der Waals surface area contributed by atoms with Gasteiger partial charge in [-0.15, -0.1) is 0 Å². The van der Waals surface area contributed by atoms with E-state index < -0.39 is 22.9 Å². The van der Waals surface area contributed by atoms with Crippen molar-refractivity contribution >= 4 is 0 Å². The van der Waals surface area contributed by atoms with Crippen LogP contribution in [0.4, 0.5) is 13.2 Å². The summed E-state index contributed by atoms with van der Waals surface area (Å²) < 4.78 is 39.4. The van der Waals surface area contributed by atoms with E-state index in [9.17, 15) is 23.1 Å². The third-order valence-electron chi connectivity index (χ3n) is 3.85. The fourth-order valence-corrected chi connectivity index (χ4v) is 2.64. The molecule has 1 aromatic carbocycles. The molecule has 0 radical (unpaired) electrons. The molecule has 9 heteroatoms. The minimum atomic E-state index is -4.44. The van der Waals surface area contributed by atoms with Crippen LogP contribution in [0.3, 0.4) is 0 Å². The van der Waals surface area contributed by atoms with Gasteiger partial charge < -0.3 is 5.11 Å². The molecule has 2 N–H and O–H groups in total. The summed E-state index contributed by atoms with van der Waals surface area (Å²) in [5.41, 5.74) is -0.965. The second-order valence-corrected chi connectivity index (χ2v) is 6.79. The zero-order valence-corrected chi connectivity index (χ0v) is 14.6. The molecule has 0 aliphatic carbocycles. The molecule has 0 aliphatic heterocycles. The summed E-state index contributed by atoms with van der Waals surface area (Å²) >= 11 is 0. The summed E-state index contributed by atoms with van der Waals surface area (Å²) in [6.45, 7) is 3.12. The van der Waals surface area contributed by atoms with Gasteiger partial charge in [0.1, 0.15) is 5.69 Å². The molecule has 0 amide bonds. The van der Waals surface area contributed by atoms with Gasteiger partial charge in [-0.2, -0.15) is 28.1 Å². The van der Waals surface area contributed by atoms with Crippen LogP contribution in [-0.4, -0.2) is 30.7 Å². The van der Waals surface area contributed by atoms with E-state index in [2.05, 4.69) is 15.3 Å². The minimum absolute atomic E-state index is 0.0554. The number of alkyl halides is 3. The van der Waals surface area contributed by atoms with Crippen LogP contribution in [0.5, 0.6) is 0 Å². The molecule has 2 aromatic heterocycles. The molecule has 0 bridgehead atoms. The van der Waals surface area contributed by atoms with Crippen molar-refractivity contribution < 1.29 is 18.3 Å². The lowest BCUT2D eigenvalue weighted by molar-refractivity contribution is -0.137. The lowest BCUT2D eigenvalue weighted by Gasteiger charge is -2.18. The molecule has 6 nitrogen and oxygen atoms in total. The number of H-pyrrole nitrogens is 1. The summed E-state index contributed by atoms with van der Waals surface area (Å²) in [6, 6.07) is 5.99. The average Bonchev–Trinajstić information content (AvgIpc) is 3.09. The summed E-state index contributed by atoms with van der Waals surface area (Å²) in [5, 5.41) is 20.7. The molecule has 3 aromatic rings. The van der Waals surface area contributed by atoms with E-state index >= 15 is 0 Å². The monoisotopic (exact) mass is 378 g/mol. The van der Waals surface area contributed by atoms with Crippen molar-refractivity contribution in [2.24, 2.45) is 0 Å². The van der Waals surface area contributed by atoms with Gasteiger partial charge in [0.15, 0.2) is 0 Å². The Labute approximate surface area is 152 Å². The van der Waals surface area contributed by atoms with Crippen molar-refractivity contribution in [3.05, 3.63) is 64.2 Å². The van der Waals surface area contributed by atoms with Crippen molar-refractivity contribution in [2.75, 3.05) is 0 Å². The van der Waals surface area contributed by atoms with Gasteiger partial charge in [0.25, 0.3) is 5.56 Å². The van der Waals surface area contributed by atoms with E-state index in [0.717, 1.165) is 16.8 Å². The van der Waals surface area contributed by atoms with Crippen LogP contribution in [0.1, 0.15) is 25.0 Å². The fourth-order valence-electron chi connectivity index (χ4n) is 2.64. The third-order valence-corrected chi connectivity index (χ3v) is 3.85. The zero-order chi connectivity index (χ0) is 19.8. The van der Waals surface area contributed by atoms with Crippen LogP contribution in [0, 0.1) is 0 Å². The van der Waals surface area contributed by atoms with Gasteiger partial charge in [0.2, 0.25) is 0 Å². The van der Waals surface area contributed by atoms with E-state index in [0.29, 0.717) is 16.9 Å². The number of benzene rings is 1. The largest absolute Gasteiger partial charge is 0.416 e. The molecule has 0 atom stereocenters. The van der Waals surface area contributed by atoms with Crippen molar-refractivity contribution in [1.29, 1.82) is 0 Å². The van der Waals surface area contributed by atoms with Gasteiger partial charge in [-0.3, -0.25) is 9.89 Å². The molecule has 0 saturated heterocycles. The van der Waals surface area contributed by atoms with Crippen LogP contribution < -0.4 is 5.56 Å². The summed E-state index contributed by atoms with van der Waals surface area (Å²) in [6.07, 6.45) is -1.51. The Hall–Kier alpha value is -2.94. The number of aromatic amines is 1. The van der Waals surface area contributed by atoms with Gasteiger partial charge >= 0.3 is 6.18 Å². The van der Waals surface area contributed by atoms with Crippen LogP contribution in [-0.2, 0) is 12.6 Å². The van der Waals surface area contributed by atoms with Crippen molar-refractivity contribution in [2.45, 2.75) is 32.0 Å². The van der Waals surface area contributed by atoms with E-state index in [1.54, 1.807) is 13.8 Å². The second-order valence-electron chi connectivity index (χ2n) is 6.79. The highest BCUT2D eigenvalue weighted by atomic mass is 19.4. The lowest BCUT2D eigenvalue weighted by atomic mass is 9.98. The topological polar surface area (TPSA) is 83.8 Å². The summed E-state index contributed by atoms with van der Waals surface area (Å²) in [5.74, 6) is 0. The summed E-state index contributed by atoms with van der Waals surface area (Å²) in [7, 11) is 0. The van der Waals surface area contributed by atoms with E-state index in [4.69, 9.17) is 0 Å². The SMILES string of the molecule is CC(C)(O)Cc1cc(-c2ccc(C(F)(F)F)cc2)nn(-c2cn[nH]c2)c1=O. The van der Waals surface area contributed by atoms with Gasteiger partial charge in [0.05, 0.1) is 23.1 Å². The number of rotatable bonds is 4. The molecule has 142 valence electrons. The normalized spacial score (nSPS) is 12.4. The number of halogens is 3. The van der Waals surface area contributed by atoms with E-state index in [1.165, 1.54) is 30.6 Å². The molecule has 27 heavy (non-hydrogen) atoms. The van der Waals surface area contributed by atoms with Gasteiger partial charge in [-0.05, 0) is 32.0 Å². The maximum absolute atomic E-state index is 12.8. The van der Waals surface area contributed by atoms with Crippen LogP contribution in [0.15, 0.2) is 47.5 Å². The maximum Gasteiger partial charge on any atom is 0.416 e. The Bertz CT molecular complexity index is 985. The van der Waals surface area contributed by atoms with E-state index in [-0.39, 0.29) is 12.0 Å². The highest BCUT2D eigenvalue weighted by Crippen LogP contribution is 2.30. The first-order valence-corrected chi connectivity index (χ1v) is 8.07. The van der Waals surface area contributed by atoms with Crippen molar-refractivity contribution in [1.82, 2.24) is 20.0 Å². The first kappa shape index (κ1) is 18.8. The molecule has 0 fully saturated rings. The predicted molar refractivity (Wildman–Crippen MR) is 92.4 cm³/mol. The van der Waals surface area contributed by atoms with Gasteiger partial charge in [-0.25, -0.2) is 0 Å². The first-order chi connectivity index (χ1) is 12.5. The number of nitrogens with one attached hydrogen (secondary N) is 1. The Morgan fingerprint density at radius 1 is 1.19 bits per heavy atom. The quantitative estimate of drug-likeness (QED) is 0.731. The molecule has 0 unspecified atom stereocenters. The fraction of sp³-hybridized carbons (Fsp3) is 0.278. The zero-order valence-electron chi connectivity index (χ0n) is 14.6. The van der Waals surface area contributed by atoms with Crippen LogP contribution in [0.25, 0.3) is 16.9 Å². The number of aliphatic hydroxyl groups is 1. The Balaban J connectivity index is 2.14. The van der Waals surface area contributed by atoms with Crippen LogP contribution >= 0.6 is 0 Å². The number of hydrogen-bond acceptors (Lipinski definition) is 4. The molecular weight excluding hydrogens is 361 g/mol. The van der Waals surface area contributed by atoms with Crippen molar-refractivity contribution in [3.8, 4) is 16.9 Å². The number of nitrogens with zero attached hydrogens (tertiary/aromatic N) is 3. The lowest BCUT2D eigenvalue weighted by Crippen LogP contribution is -2.31. The molecule has 0 saturated carbocycles. The molecule has 0 aliphatic rings. The van der Waals surface area contributed by atoms with Gasteiger partial charge in [-0.1, -0.05) is 12.1 Å². The standard InChI is InChI=1S/C18H17F3N4O2/c1-17(2,27)8-12-7-15(11-3-5-13(6-4-11)18(19,20)21)24-25(16(12)26)14-9-22-23-10-14/h3-7,9-10,27H,8H2,1-2H3,(H,22,23). The summed E-state index contributed by atoms with van der Waals surface area (Å²) in [4.78, 5) is 12.7. The third kappa shape index (κ3) is 4.25. The molecule has 2 heterocycles. The number of aromatic nitrogens is 4. The Morgan fingerprint density at radius 2 is 1.85 bits per heavy atom. The molecule has 3 rings (SSSR count). The van der Waals surface area contributed by atoms with Crippen LogP contribution in [0.2, 0.25) is 0 Å². The Kier molecular flexibility index (Phi) is 4.64. The number of hydrogen-bond donors (Lipinski definition) is 2. The maximum atomic E-state index is 12.8. The highest BCUT2D eigenvalue weighted by molar-refractivity contribution is 5.60. The second kappa shape index (κ2) is 6.66. The minimum Gasteiger partial charge on any atom is -0.390 e. The smallest absolute Gasteiger partial charge is 0.390 e. The molecular formula is C18H17F3N4O2. The highest BCUT2D eigenvalue weighted by Gasteiger charge is 2.30. The van der Waals surface area contributed by atoms with E-state index in [1.807, 2.05) is 0 Å². The van der Waals surface area contributed by atoms with Crippen molar-refractivity contribution in [3.63, 3.8) is 0 Å². The Morgan fingerprint density at radius 3 is 2.37 bits per heavy atom. The predicted octanol–water partition coefficient (Wildman–Crippen LogP) is 2.95.